The van der Waals surface area contributed by atoms with E-state index < -0.39 is 24.0 Å². The van der Waals surface area contributed by atoms with Crippen LogP contribution in [0.25, 0.3) is 0 Å². The van der Waals surface area contributed by atoms with Gasteiger partial charge in [0.15, 0.2) is 0 Å². The number of alkyl carbamates (subject to hydrolysis) is 1. The van der Waals surface area contributed by atoms with Crippen LogP contribution in [0, 0.1) is 5.92 Å². The summed E-state index contributed by atoms with van der Waals surface area (Å²) in [6, 6.07) is 15.3. The third-order valence-electron chi connectivity index (χ3n) is 4.74. The van der Waals surface area contributed by atoms with Crippen LogP contribution >= 0.6 is 0 Å². The molecule has 2 rings (SSSR count). The Morgan fingerprint density at radius 1 is 1.06 bits per heavy atom. The van der Waals surface area contributed by atoms with Gasteiger partial charge in [0.05, 0.1) is 6.61 Å². The highest BCUT2D eigenvalue weighted by atomic mass is 16.6. The van der Waals surface area contributed by atoms with Gasteiger partial charge < -0.3 is 14.6 Å². The van der Waals surface area contributed by atoms with Crippen molar-refractivity contribution in [1.82, 2.24) is 10.8 Å². The number of hydrogen-bond acceptors (Lipinski definition) is 7. The van der Waals surface area contributed by atoms with E-state index in [0.29, 0.717) is 29.7 Å². The van der Waals surface area contributed by atoms with E-state index >= 15 is 0 Å². The average molecular weight is 456 g/mol. The quantitative estimate of drug-likeness (QED) is 0.232. The molecule has 9 nitrogen and oxygen atoms in total. The molecule has 9 heteroatoms. The molecule has 0 aliphatic carbocycles. The van der Waals surface area contributed by atoms with E-state index in [-0.39, 0.29) is 19.1 Å². The van der Waals surface area contributed by atoms with Crippen molar-refractivity contribution in [3.05, 3.63) is 77.9 Å². The number of amides is 3. The minimum Gasteiger partial charge on any atom is -0.491 e. The van der Waals surface area contributed by atoms with Gasteiger partial charge in [0.2, 0.25) is 0 Å². The van der Waals surface area contributed by atoms with E-state index in [1.54, 1.807) is 60.7 Å². The Bertz CT molecular complexity index is 947. The van der Waals surface area contributed by atoms with Crippen molar-refractivity contribution in [2.75, 3.05) is 13.2 Å². The summed E-state index contributed by atoms with van der Waals surface area (Å²) in [4.78, 5) is 36.0. The molecule has 0 fully saturated rings. The topological polar surface area (TPSA) is 134 Å². The molecule has 0 spiro atoms. The van der Waals surface area contributed by atoms with Crippen LogP contribution in [0.2, 0.25) is 0 Å². The highest BCUT2D eigenvalue weighted by Gasteiger charge is 2.27. The number of rotatable bonds is 11. The predicted molar refractivity (Wildman–Crippen MR) is 120 cm³/mol. The van der Waals surface area contributed by atoms with Crippen molar-refractivity contribution < 1.29 is 34.2 Å². The van der Waals surface area contributed by atoms with E-state index in [4.69, 9.17) is 19.8 Å². The molecule has 2 atom stereocenters. The molecule has 3 amide bonds. The van der Waals surface area contributed by atoms with Crippen molar-refractivity contribution in [3.63, 3.8) is 0 Å². The molecule has 2 aromatic rings. The van der Waals surface area contributed by atoms with Crippen molar-refractivity contribution in [3.8, 4) is 5.75 Å². The van der Waals surface area contributed by atoms with E-state index in [2.05, 4.69) is 5.32 Å². The highest BCUT2D eigenvalue weighted by Crippen LogP contribution is 2.35. The second kappa shape index (κ2) is 13.7. The fourth-order valence-electron chi connectivity index (χ4n) is 3.13. The fraction of sp³-hybridized carbons (Fsp3) is 0.292. The number of imide groups is 1. The van der Waals surface area contributed by atoms with Gasteiger partial charge in [-0.2, -0.15) is 0 Å². The third kappa shape index (κ3) is 8.40. The van der Waals surface area contributed by atoms with Crippen LogP contribution in [0.15, 0.2) is 66.7 Å². The summed E-state index contributed by atoms with van der Waals surface area (Å²) in [6.07, 6.45) is 2.10. The summed E-state index contributed by atoms with van der Waals surface area (Å²) in [7, 11) is 0. The Morgan fingerprint density at radius 2 is 1.76 bits per heavy atom. The lowest BCUT2D eigenvalue weighted by Gasteiger charge is -2.26. The first-order chi connectivity index (χ1) is 16.0. The van der Waals surface area contributed by atoms with E-state index in [0.717, 1.165) is 0 Å². The summed E-state index contributed by atoms with van der Waals surface area (Å²) < 4.78 is 11.3. The van der Waals surface area contributed by atoms with Gasteiger partial charge in [0.25, 0.3) is 11.8 Å². The Balaban J connectivity index is 2.18. The van der Waals surface area contributed by atoms with Gasteiger partial charge in [-0.3, -0.25) is 20.1 Å². The van der Waals surface area contributed by atoms with Crippen LogP contribution in [-0.2, 0) is 9.53 Å². The zero-order valence-electron chi connectivity index (χ0n) is 18.3. The molecule has 0 aromatic heterocycles. The molecule has 33 heavy (non-hydrogen) atoms. The van der Waals surface area contributed by atoms with E-state index in [9.17, 15) is 14.4 Å². The van der Waals surface area contributed by atoms with E-state index in [1.165, 1.54) is 11.6 Å². The summed E-state index contributed by atoms with van der Waals surface area (Å²) >= 11 is 0. The Labute approximate surface area is 192 Å². The minimum absolute atomic E-state index is 0.0653. The molecule has 0 radical (unpaired) electrons. The second-order valence-corrected chi connectivity index (χ2v) is 7.19. The smallest absolute Gasteiger partial charge is 0.414 e. The first kappa shape index (κ1) is 25.6. The number of allylic oxidation sites excluding steroid dienone is 1. The van der Waals surface area contributed by atoms with Crippen molar-refractivity contribution in [2.24, 2.45) is 5.92 Å². The average Bonchev–Trinajstić information content (AvgIpc) is 2.84. The number of benzene rings is 2. The van der Waals surface area contributed by atoms with Crippen LogP contribution in [-0.4, -0.2) is 41.4 Å². The molecule has 4 N–H and O–H groups in total. The van der Waals surface area contributed by atoms with Crippen LogP contribution in [0.5, 0.6) is 5.75 Å². The third-order valence-corrected chi connectivity index (χ3v) is 4.74. The van der Waals surface area contributed by atoms with Gasteiger partial charge in [0, 0.05) is 17.2 Å². The molecule has 176 valence electrons. The van der Waals surface area contributed by atoms with Gasteiger partial charge in [-0.15, -0.1) is 0 Å². The Morgan fingerprint density at radius 3 is 2.45 bits per heavy atom. The molecular weight excluding hydrogens is 428 g/mol. The van der Waals surface area contributed by atoms with Crippen molar-refractivity contribution in [2.45, 2.75) is 25.9 Å². The SMILES string of the molecule is C[C@H](CC/C=C/C(=O)NO)[C@H](OC(=O)NC(=O)c1ccccc1)c1ccccc1OCCO. The molecule has 0 heterocycles. The summed E-state index contributed by atoms with van der Waals surface area (Å²) in [5.41, 5.74) is 2.41. The van der Waals surface area contributed by atoms with Gasteiger partial charge in [-0.05, 0) is 37.0 Å². The minimum atomic E-state index is -0.909. The number of hydrogen-bond donors (Lipinski definition) is 4. The number of carbonyl (C=O) groups is 3. The maximum absolute atomic E-state index is 12.6. The zero-order chi connectivity index (χ0) is 24.1. The Kier molecular flexibility index (Phi) is 10.6. The first-order valence-corrected chi connectivity index (χ1v) is 10.5. The van der Waals surface area contributed by atoms with Crippen LogP contribution < -0.4 is 15.5 Å². The standard InChI is InChI=1S/C24H28N2O7/c1-17(9-5-8-14-21(28)26-31)22(19-12-6-7-13-20(19)32-16-15-27)33-24(30)25-23(29)18-10-3-2-4-11-18/h2-4,6-8,10-14,17,22,27,31H,5,9,15-16H2,1H3,(H,26,28)(H,25,29,30)/b14-8+/t17-,22+/m1/s1. The largest absolute Gasteiger partial charge is 0.491 e. The number of ether oxygens (including phenoxy) is 2. The highest BCUT2D eigenvalue weighted by molar-refractivity contribution is 6.02. The number of para-hydroxylation sites is 1. The molecular formula is C24H28N2O7. The zero-order valence-corrected chi connectivity index (χ0v) is 18.3. The molecule has 2 aromatic carbocycles. The predicted octanol–water partition coefficient (Wildman–Crippen LogP) is 3.14. The molecule has 0 aliphatic heterocycles. The number of aliphatic hydroxyl groups is 1. The molecule has 0 bridgehead atoms. The summed E-state index contributed by atoms with van der Waals surface area (Å²) in [6.45, 7) is 1.74. The lowest BCUT2D eigenvalue weighted by Crippen LogP contribution is -2.33. The monoisotopic (exact) mass is 456 g/mol. The fourth-order valence-corrected chi connectivity index (χ4v) is 3.13. The molecule has 0 saturated heterocycles. The van der Waals surface area contributed by atoms with Gasteiger partial charge in [-0.1, -0.05) is 49.4 Å². The van der Waals surface area contributed by atoms with Gasteiger partial charge in [-0.25, -0.2) is 10.3 Å². The van der Waals surface area contributed by atoms with Crippen LogP contribution in [0.1, 0.15) is 41.8 Å². The number of carbonyl (C=O) groups excluding carboxylic acids is 3. The summed E-state index contributed by atoms with van der Waals surface area (Å²) in [5, 5.41) is 19.9. The number of aliphatic hydroxyl groups excluding tert-OH is 1. The lowest BCUT2D eigenvalue weighted by atomic mass is 9.92. The van der Waals surface area contributed by atoms with Crippen molar-refractivity contribution in [1.29, 1.82) is 0 Å². The van der Waals surface area contributed by atoms with Crippen LogP contribution in [0.3, 0.4) is 0 Å². The van der Waals surface area contributed by atoms with Crippen LogP contribution in [0.4, 0.5) is 4.79 Å². The second-order valence-electron chi connectivity index (χ2n) is 7.19. The number of nitrogens with one attached hydrogen (secondary N) is 2. The summed E-state index contributed by atoms with van der Waals surface area (Å²) in [5.74, 6) is -1.02. The molecule has 0 unspecified atom stereocenters. The first-order valence-electron chi connectivity index (χ1n) is 10.5. The van der Waals surface area contributed by atoms with Gasteiger partial charge >= 0.3 is 6.09 Å². The molecule has 0 aliphatic rings. The number of hydroxylamine groups is 1. The van der Waals surface area contributed by atoms with Crippen molar-refractivity contribution >= 4 is 17.9 Å². The van der Waals surface area contributed by atoms with E-state index in [1.807, 2.05) is 6.92 Å². The Hall–Kier alpha value is -3.69. The normalized spacial score (nSPS) is 12.6. The maximum atomic E-state index is 12.6. The van der Waals surface area contributed by atoms with Gasteiger partial charge in [0.1, 0.15) is 18.5 Å². The maximum Gasteiger partial charge on any atom is 0.414 e. The molecule has 0 saturated carbocycles. The lowest BCUT2D eigenvalue weighted by molar-refractivity contribution is -0.124.